The molecule has 0 spiro atoms. The second-order valence-electron chi connectivity index (χ2n) is 4.38. The maximum absolute atomic E-state index is 11.5. The normalized spacial score (nSPS) is 9.50. The lowest BCUT2D eigenvalue weighted by molar-refractivity contribution is 0.141. The van der Waals surface area contributed by atoms with Crippen molar-refractivity contribution >= 4 is 17.7 Å². The van der Waals surface area contributed by atoms with Gasteiger partial charge in [0.1, 0.15) is 12.4 Å². The largest absolute Gasteiger partial charge is 0.507 e. The number of benzene rings is 2. The van der Waals surface area contributed by atoms with Crippen LogP contribution in [0.2, 0.25) is 5.02 Å². The number of carbonyl (C=O) groups excluding carboxylic acids is 1. The van der Waals surface area contributed by atoms with Crippen molar-refractivity contribution < 1.29 is 14.6 Å². The number of phenols is 1. The van der Waals surface area contributed by atoms with Gasteiger partial charge in [-0.3, -0.25) is 0 Å². The number of halogens is 1. The molecule has 4 nitrogen and oxygen atoms in total. The maximum atomic E-state index is 11.5. The number of hydrogen-bond acceptors (Lipinski definition) is 3. The Kier molecular flexibility index (Phi) is 5.70. The van der Waals surface area contributed by atoms with E-state index < -0.39 is 6.09 Å². The second kappa shape index (κ2) is 7.96. The van der Waals surface area contributed by atoms with E-state index in [4.69, 9.17) is 16.3 Å². The number of hydrogen-bond donors (Lipinski definition) is 2. The monoisotopic (exact) mass is 315 g/mol. The van der Waals surface area contributed by atoms with Crippen molar-refractivity contribution in [1.29, 1.82) is 0 Å². The molecule has 22 heavy (non-hydrogen) atoms. The summed E-state index contributed by atoms with van der Waals surface area (Å²) in [5, 5.41) is 12.6. The molecule has 0 aliphatic rings. The van der Waals surface area contributed by atoms with Crippen LogP contribution in [-0.4, -0.2) is 17.7 Å². The Bertz CT molecular complexity index is 705. The predicted molar refractivity (Wildman–Crippen MR) is 84.6 cm³/mol. The van der Waals surface area contributed by atoms with Crippen LogP contribution in [0, 0.1) is 11.8 Å². The summed E-state index contributed by atoms with van der Waals surface area (Å²) >= 11 is 5.72. The highest BCUT2D eigenvalue weighted by Crippen LogP contribution is 2.20. The van der Waals surface area contributed by atoms with Gasteiger partial charge in [-0.15, -0.1) is 0 Å². The zero-order valence-electron chi connectivity index (χ0n) is 11.7. The summed E-state index contributed by atoms with van der Waals surface area (Å²) in [5.74, 6) is 5.47. The minimum Gasteiger partial charge on any atom is -0.507 e. The molecule has 0 fully saturated rings. The number of alkyl carbamates (subject to hydrolysis) is 1. The lowest BCUT2D eigenvalue weighted by Crippen LogP contribution is -2.24. The number of ether oxygens (including phenoxy) is 1. The zero-order valence-corrected chi connectivity index (χ0v) is 12.4. The van der Waals surface area contributed by atoms with Crippen molar-refractivity contribution in [3.05, 3.63) is 64.7 Å². The van der Waals surface area contributed by atoms with Crippen LogP contribution in [0.4, 0.5) is 4.79 Å². The van der Waals surface area contributed by atoms with Gasteiger partial charge in [0.05, 0.1) is 12.1 Å². The van der Waals surface area contributed by atoms with E-state index in [1.54, 1.807) is 12.1 Å². The summed E-state index contributed by atoms with van der Waals surface area (Å²) in [6, 6.07) is 14.0. The second-order valence-corrected chi connectivity index (χ2v) is 4.81. The van der Waals surface area contributed by atoms with E-state index in [0.29, 0.717) is 10.6 Å². The number of aromatic hydroxyl groups is 1. The molecule has 2 aromatic carbocycles. The molecular formula is C17H14ClNO3. The van der Waals surface area contributed by atoms with Gasteiger partial charge in [-0.05, 0) is 23.8 Å². The molecule has 2 rings (SSSR count). The van der Waals surface area contributed by atoms with Gasteiger partial charge in [0.15, 0.2) is 0 Å². The first kappa shape index (κ1) is 15.7. The Morgan fingerprint density at radius 3 is 2.73 bits per heavy atom. The van der Waals surface area contributed by atoms with Crippen LogP contribution < -0.4 is 5.32 Å². The van der Waals surface area contributed by atoms with E-state index in [2.05, 4.69) is 17.2 Å². The third-order valence-corrected chi connectivity index (χ3v) is 2.95. The van der Waals surface area contributed by atoms with Crippen LogP contribution >= 0.6 is 11.6 Å². The minimum atomic E-state index is -0.543. The Hall–Kier alpha value is -2.64. The molecule has 0 radical (unpaired) electrons. The first-order chi connectivity index (χ1) is 10.6. The Balaban J connectivity index is 1.76. The number of carbonyl (C=O) groups is 1. The number of amides is 1. The number of nitrogens with one attached hydrogen (secondary N) is 1. The molecule has 5 heteroatoms. The predicted octanol–water partition coefficient (Wildman–Crippen LogP) is 3.32. The summed E-state index contributed by atoms with van der Waals surface area (Å²) in [7, 11) is 0. The third-order valence-electron chi connectivity index (χ3n) is 2.72. The van der Waals surface area contributed by atoms with Gasteiger partial charge >= 0.3 is 6.09 Å². The average Bonchev–Trinajstić information content (AvgIpc) is 2.52. The summed E-state index contributed by atoms with van der Waals surface area (Å²) in [6.07, 6.45) is -0.543. The van der Waals surface area contributed by atoms with Gasteiger partial charge in [-0.2, -0.15) is 0 Å². The first-order valence-corrected chi connectivity index (χ1v) is 6.95. The number of rotatable bonds is 3. The quantitative estimate of drug-likeness (QED) is 0.854. The summed E-state index contributed by atoms with van der Waals surface area (Å²) in [5.41, 5.74) is 1.36. The Labute approximate surface area is 133 Å². The molecule has 2 N–H and O–H groups in total. The molecule has 0 saturated heterocycles. The highest BCUT2D eigenvalue weighted by Gasteiger charge is 2.01. The minimum absolute atomic E-state index is 0.00616. The maximum Gasteiger partial charge on any atom is 0.408 e. The van der Waals surface area contributed by atoms with Gasteiger partial charge < -0.3 is 15.2 Å². The topological polar surface area (TPSA) is 58.6 Å². The van der Waals surface area contributed by atoms with Gasteiger partial charge in [-0.1, -0.05) is 53.8 Å². The number of phenolic OH excluding ortho intramolecular Hbond substituents is 1. The molecule has 0 atom stereocenters. The Morgan fingerprint density at radius 1 is 1.23 bits per heavy atom. The van der Waals surface area contributed by atoms with E-state index in [0.717, 1.165) is 5.56 Å². The van der Waals surface area contributed by atoms with Gasteiger partial charge in [-0.25, -0.2) is 4.79 Å². The van der Waals surface area contributed by atoms with Crippen molar-refractivity contribution in [2.45, 2.75) is 6.61 Å². The van der Waals surface area contributed by atoms with Crippen LogP contribution in [0.3, 0.4) is 0 Å². The fourth-order valence-electron chi connectivity index (χ4n) is 1.64. The van der Waals surface area contributed by atoms with E-state index in [9.17, 15) is 9.90 Å². The first-order valence-electron chi connectivity index (χ1n) is 6.57. The van der Waals surface area contributed by atoms with Gasteiger partial charge in [0, 0.05) is 5.02 Å². The fraction of sp³-hybridized carbons (Fsp3) is 0.118. The molecule has 0 aliphatic heterocycles. The van der Waals surface area contributed by atoms with Crippen molar-refractivity contribution in [2.75, 3.05) is 6.54 Å². The molecule has 0 unspecified atom stereocenters. The van der Waals surface area contributed by atoms with Crippen LogP contribution in [0.5, 0.6) is 5.75 Å². The molecule has 1 amide bonds. The smallest absolute Gasteiger partial charge is 0.408 e. The summed E-state index contributed by atoms with van der Waals surface area (Å²) in [6.45, 7) is 0.327. The summed E-state index contributed by atoms with van der Waals surface area (Å²) < 4.78 is 5.04. The van der Waals surface area contributed by atoms with Gasteiger partial charge in [0.2, 0.25) is 0 Å². The Morgan fingerprint density at radius 2 is 2.00 bits per heavy atom. The highest BCUT2D eigenvalue weighted by atomic mass is 35.5. The van der Waals surface area contributed by atoms with E-state index in [1.165, 1.54) is 6.07 Å². The molecule has 0 bridgehead atoms. The van der Waals surface area contributed by atoms with Crippen molar-refractivity contribution in [2.24, 2.45) is 0 Å². The molecule has 0 saturated carbocycles. The van der Waals surface area contributed by atoms with E-state index in [1.807, 2.05) is 30.3 Å². The van der Waals surface area contributed by atoms with Crippen LogP contribution in [0.15, 0.2) is 48.5 Å². The van der Waals surface area contributed by atoms with E-state index in [-0.39, 0.29) is 18.9 Å². The molecule has 0 aromatic heterocycles. The lowest BCUT2D eigenvalue weighted by Gasteiger charge is -2.04. The molecule has 2 aromatic rings. The third kappa shape index (κ3) is 5.04. The van der Waals surface area contributed by atoms with E-state index >= 15 is 0 Å². The summed E-state index contributed by atoms with van der Waals surface area (Å²) in [4.78, 5) is 11.5. The van der Waals surface area contributed by atoms with Crippen molar-refractivity contribution in [1.82, 2.24) is 5.32 Å². The van der Waals surface area contributed by atoms with Gasteiger partial charge in [0.25, 0.3) is 0 Å². The molecule has 0 heterocycles. The SMILES string of the molecule is O=C(NCC#Cc1ccc(Cl)cc1O)OCc1ccccc1. The molecule has 112 valence electrons. The lowest BCUT2D eigenvalue weighted by atomic mass is 10.2. The van der Waals surface area contributed by atoms with Crippen LogP contribution in [-0.2, 0) is 11.3 Å². The molecule has 0 aliphatic carbocycles. The standard InChI is InChI=1S/C17H14ClNO3/c18-15-9-8-14(16(20)11-15)7-4-10-19-17(21)22-12-13-5-2-1-3-6-13/h1-3,5-6,8-9,11,20H,10,12H2,(H,19,21). The average molecular weight is 316 g/mol. The van der Waals surface area contributed by atoms with Crippen molar-refractivity contribution in [3.63, 3.8) is 0 Å². The molecular weight excluding hydrogens is 302 g/mol. The fourth-order valence-corrected chi connectivity index (χ4v) is 1.81. The van der Waals surface area contributed by atoms with Crippen LogP contribution in [0.25, 0.3) is 0 Å². The van der Waals surface area contributed by atoms with Crippen molar-refractivity contribution in [3.8, 4) is 17.6 Å². The zero-order chi connectivity index (χ0) is 15.8. The van der Waals surface area contributed by atoms with Crippen LogP contribution in [0.1, 0.15) is 11.1 Å². The highest BCUT2D eigenvalue weighted by molar-refractivity contribution is 6.30.